The number of rotatable bonds is 4. The molecule has 1 heterocycles. The van der Waals surface area contributed by atoms with Crippen LogP contribution in [0.25, 0.3) is 0 Å². The third-order valence-corrected chi connectivity index (χ3v) is 3.42. The summed E-state index contributed by atoms with van der Waals surface area (Å²) in [7, 11) is 0. The number of carboxylic acids is 1. The molecule has 4 heteroatoms. The minimum Gasteiger partial charge on any atom is -0.481 e. The lowest BCUT2D eigenvalue weighted by Crippen LogP contribution is -2.26. The number of piperidine rings is 1. The summed E-state index contributed by atoms with van der Waals surface area (Å²) >= 11 is 0. The number of hydrogen-bond donors (Lipinski definition) is 2. The highest BCUT2D eigenvalue weighted by Crippen LogP contribution is 2.25. The summed E-state index contributed by atoms with van der Waals surface area (Å²) in [5, 5.41) is 12.0. The largest absolute Gasteiger partial charge is 0.481 e. The number of benzene rings is 1. The molecule has 0 saturated carbocycles. The number of nitrogens with one attached hydrogen (secondary N) is 1. The lowest BCUT2D eigenvalue weighted by atomic mass is 9.89. The van der Waals surface area contributed by atoms with E-state index in [0.29, 0.717) is 12.3 Å². The zero-order valence-electron chi connectivity index (χ0n) is 10.4. The van der Waals surface area contributed by atoms with Gasteiger partial charge in [-0.15, -0.1) is 12.4 Å². The molecule has 1 aliphatic rings. The third-order valence-electron chi connectivity index (χ3n) is 3.42. The number of hydrogen-bond acceptors (Lipinski definition) is 2. The Balaban J connectivity index is 0.00000162. The number of aliphatic carboxylic acids is 1. The molecule has 2 N–H and O–H groups in total. The van der Waals surface area contributed by atoms with E-state index in [1.165, 1.54) is 18.4 Å². The Labute approximate surface area is 114 Å². The molecule has 0 spiro atoms. The topological polar surface area (TPSA) is 49.3 Å². The molecule has 1 aromatic carbocycles. The van der Waals surface area contributed by atoms with Gasteiger partial charge in [0.25, 0.3) is 0 Å². The molecule has 1 aliphatic heterocycles. The van der Waals surface area contributed by atoms with E-state index in [2.05, 4.69) is 29.6 Å². The predicted molar refractivity (Wildman–Crippen MR) is 74.5 cm³/mol. The van der Waals surface area contributed by atoms with Crippen molar-refractivity contribution in [2.75, 3.05) is 13.1 Å². The van der Waals surface area contributed by atoms with Gasteiger partial charge in [0.05, 0.1) is 0 Å². The van der Waals surface area contributed by atoms with Crippen LogP contribution < -0.4 is 5.32 Å². The fourth-order valence-corrected chi connectivity index (χ4v) is 2.36. The normalized spacial score (nSPS) is 16.0. The Morgan fingerprint density at radius 1 is 1.22 bits per heavy atom. The maximum Gasteiger partial charge on any atom is 0.303 e. The molecule has 18 heavy (non-hydrogen) atoms. The average molecular weight is 270 g/mol. The summed E-state index contributed by atoms with van der Waals surface area (Å²) in [6.45, 7) is 2.21. The highest BCUT2D eigenvalue weighted by molar-refractivity contribution is 5.85. The Hall–Kier alpha value is -1.06. The van der Waals surface area contributed by atoms with Crippen LogP contribution in [0.3, 0.4) is 0 Å². The van der Waals surface area contributed by atoms with Crippen LogP contribution in [-0.2, 0) is 11.2 Å². The van der Waals surface area contributed by atoms with Gasteiger partial charge < -0.3 is 10.4 Å². The van der Waals surface area contributed by atoms with Crippen LogP contribution in [0.1, 0.15) is 36.3 Å². The highest BCUT2D eigenvalue weighted by atomic mass is 35.5. The van der Waals surface area contributed by atoms with Crippen LogP contribution >= 0.6 is 12.4 Å². The van der Waals surface area contributed by atoms with Gasteiger partial charge in [0, 0.05) is 6.42 Å². The second kappa shape index (κ2) is 7.39. The molecular weight excluding hydrogens is 250 g/mol. The Morgan fingerprint density at radius 2 is 1.83 bits per heavy atom. The number of carbonyl (C=O) groups is 1. The van der Waals surface area contributed by atoms with E-state index >= 15 is 0 Å². The summed E-state index contributed by atoms with van der Waals surface area (Å²) < 4.78 is 0. The summed E-state index contributed by atoms with van der Waals surface area (Å²) in [5.41, 5.74) is 2.51. The van der Waals surface area contributed by atoms with E-state index in [4.69, 9.17) is 5.11 Å². The molecule has 2 rings (SSSR count). The summed E-state index contributed by atoms with van der Waals surface area (Å²) in [6.07, 6.45) is 3.25. The quantitative estimate of drug-likeness (QED) is 0.883. The van der Waals surface area contributed by atoms with E-state index in [0.717, 1.165) is 18.7 Å². The average Bonchev–Trinajstić information content (AvgIpc) is 2.38. The van der Waals surface area contributed by atoms with Crippen molar-refractivity contribution < 1.29 is 9.90 Å². The number of aryl methyl sites for hydroxylation is 1. The van der Waals surface area contributed by atoms with Crippen molar-refractivity contribution in [2.24, 2.45) is 0 Å². The molecule has 3 nitrogen and oxygen atoms in total. The Kier molecular flexibility index (Phi) is 6.16. The zero-order chi connectivity index (χ0) is 12.1. The zero-order valence-corrected chi connectivity index (χ0v) is 11.2. The van der Waals surface area contributed by atoms with Gasteiger partial charge in [-0.1, -0.05) is 24.3 Å². The second-order valence-electron chi connectivity index (χ2n) is 4.66. The Morgan fingerprint density at radius 3 is 2.39 bits per heavy atom. The molecule has 1 saturated heterocycles. The summed E-state index contributed by atoms with van der Waals surface area (Å²) in [5.74, 6) is -0.0581. The standard InChI is InChI=1S/C14H19NO2.ClH/c16-14(17)6-3-11-1-4-12(5-2-11)13-7-9-15-10-8-13;/h1-2,4-5,13,15H,3,6-10H2,(H,16,17);1H. The van der Waals surface area contributed by atoms with Crippen molar-refractivity contribution in [1.82, 2.24) is 5.32 Å². The fourth-order valence-electron chi connectivity index (χ4n) is 2.36. The van der Waals surface area contributed by atoms with Crippen molar-refractivity contribution in [3.8, 4) is 0 Å². The second-order valence-corrected chi connectivity index (χ2v) is 4.66. The van der Waals surface area contributed by atoms with E-state index in [9.17, 15) is 4.79 Å². The third kappa shape index (κ3) is 4.31. The van der Waals surface area contributed by atoms with Crippen LogP contribution in [0.4, 0.5) is 0 Å². The summed E-state index contributed by atoms with van der Waals surface area (Å²) in [6, 6.07) is 8.46. The first kappa shape index (κ1) is 15.0. The smallest absolute Gasteiger partial charge is 0.303 e. The van der Waals surface area contributed by atoms with E-state index in [-0.39, 0.29) is 18.8 Å². The minimum absolute atomic E-state index is 0. The molecule has 0 aliphatic carbocycles. The van der Waals surface area contributed by atoms with Gasteiger partial charge >= 0.3 is 5.97 Å². The van der Waals surface area contributed by atoms with Gasteiger partial charge in [-0.05, 0) is 49.4 Å². The van der Waals surface area contributed by atoms with Crippen molar-refractivity contribution in [2.45, 2.75) is 31.6 Å². The number of halogens is 1. The van der Waals surface area contributed by atoms with Crippen LogP contribution in [0.15, 0.2) is 24.3 Å². The molecule has 100 valence electrons. The van der Waals surface area contributed by atoms with Crippen molar-refractivity contribution in [3.63, 3.8) is 0 Å². The molecule has 1 fully saturated rings. The van der Waals surface area contributed by atoms with Crippen molar-refractivity contribution in [3.05, 3.63) is 35.4 Å². The lowest BCUT2D eigenvalue weighted by Gasteiger charge is -2.23. The molecule has 0 atom stereocenters. The minimum atomic E-state index is -0.729. The van der Waals surface area contributed by atoms with E-state index < -0.39 is 5.97 Å². The van der Waals surface area contributed by atoms with Crippen molar-refractivity contribution in [1.29, 1.82) is 0 Å². The molecular formula is C14H20ClNO2. The van der Waals surface area contributed by atoms with Crippen LogP contribution in [0.2, 0.25) is 0 Å². The number of carboxylic acid groups (broad SMARTS) is 1. The lowest BCUT2D eigenvalue weighted by molar-refractivity contribution is -0.136. The first-order chi connectivity index (χ1) is 8.25. The van der Waals surface area contributed by atoms with Gasteiger partial charge in [0.2, 0.25) is 0 Å². The monoisotopic (exact) mass is 269 g/mol. The molecule has 0 amide bonds. The highest BCUT2D eigenvalue weighted by Gasteiger charge is 2.14. The maximum absolute atomic E-state index is 10.5. The first-order valence-corrected chi connectivity index (χ1v) is 6.27. The van der Waals surface area contributed by atoms with Gasteiger partial charge in [-0.2, -0.15) is 0 Å². The van der Waals surface area contributed by atoms with Crippen LogP contribution in [-0.4, -0.2) is 24.2 Å². The van der Waals surface area contributed by atoms with E-state index in [1.807, 2.05) is 0 Å². The Bertz CT molecular complexity index is 372. The maximum atomic E-state index is 10.5. The van der Waals surface area contributed by atoms with Crippen LogP contribution in [0, 0.1) is 0 Å². The van der Waals surface area contributed by atoms with Gasteiger partial charge in [0.1, 0.15) is 0 Å². The molecule has 0 bridgehead atoms. The molecule has 0 unspecified atom stereocenters. The predicted octanol–water partition coefficient (Wildman–Crippen LogP) is 2.59. The van der Waals surface area contributed by atoms with Gasteiger partial charge in [0.15, 0.2) is 0 Å². The first-order valence-electron chi connectivity index (χ1n) is 6.27. The summed E-state index contributed by atoms with van der Waals surface area (Å²) in [4.78, 5) is 10.5. The van der Waals surface area contributed by atoms with Gasteiger partial charge in [-0.25, -0.2) is 0 Å². The van der Waals surface area contributed by atoms with Gasteiger partial charge in [-0.3, -0.25) is 4.79 Å². The molecule has 0 radical (unpaired) electrons. The van der Waals surface area contributed by atoms with Crippen molar-refractivity contribution >= 4 is 18.4 Å². The molecule has 1 aromatic rings. The fraction of sp³-hybridized carbons (Fsp3) is 0.500. The molecule has 0 aromatic heterocycles. The SMILES string of the molecule is Cl.O=C(O)CCc1ccc(C2CCNCC2)cc1. The van der Waals surface area contributed by atoms with E-state index in [1.54, 1.807) is 0 Å². The van der Waals surface area contributed by atoms with Crippen LogP contribution in [0.5, 0.6) is 0 Å².